The first-order valence-corrected chi connectivity index (χ1v) is 8.24. The zero-order valence-electron chi connectivity index (χ0n) is 14.5. The number of methoxy groups -OCH3 is 4. The summed E-state index contributed by atoms with van der Waals surface area (Å²) in [6, 6.07) is 9.08. The number of carbonyl (C=O) groups excluding carboxylic acids is 1. The molecule has 0 spiro atoms. The molecule has 2 aromatic carbocycles. The van der Waals surface area contributed by atoms with Crippen LogP contribution >= 0.6 is 15.9 Å². The highest BCUT2D eigenvalue weighted by atomic mass is 79.9. The molecule has 0 fully saturated rings. The zero-order chi connectivity index (χ0) is 18.4. The molecule has 0 saturated heterocycles. The minimum Gasteiger partial charge on any atom is -0.497 e. The Morgan fingerprint density at radius 2 is 1.60 bits per heavy atom. The van der Waals surface area contributed by atoms with E-state index >= 15 is 0 Å². The van der Waals surface area contributed by atoms with E-state index in [-0.39, 0.29) is 5.91 Å². The molecule has 0 aromatic heterocycles. The fraction of sp³-hybridized carbons (Fsp3) is 0.278. The van der Waals surface area contributed by atoms with Crippen molar-refractivity contribution in [2.45, 2.75) is 6.54 Å². The average molecular weight is 410 g/mol. The first kappa shape index (κ1) is 18.9. The maximum atomic E-state index is 12.6. The summed E-state index contributed by atoms with van der Waals surface area (Å²) in [6.45, 7) is 0.381. The number of benzene rings is 2. The number of nitrogens with one attached hydrogen (secondary N) is 1. The van der Waals surface area contributed by atoms with E-state index in [0.29, 0.717) is 33.8 Å². The fourth-order valence-electron chi connectivity index (χ4n) is 2.31. The van der Waals surface area contributed by atoms with Crippen LogP contribution in [0.25, 0.3) is 0 Å². The molecular weight excluding hydrogens is 390 g/mol. The molecule has 0 unspecified atom stereocenters. The fourth-order valence-corrected chi connectivity index (χ4v) is 2.94. The summed E-state index contributed by atoms with van der Waals surface area (Å²) >= 11 is 3.40. The lowest BCUT2D eigenvalue weighted by atomic mass is 10.1. The molecule has 2 rings (SSSR count). The van der Waals surface area contributed by atoms with Crippen LogP contribution in [0.15, 0.2) is 34.8 Å². The van der Waals surface area contributed by atoms with Crippen LogP contribution in [0.3, 0.4) is 0 Å². The summed E-state index contributed by atoms with van der Waals surface area (Å²) in [7, 11) is 6.13. The van der Waals surface area contributed by atoms with Gasteiger partial charge in [-0.15, -0.1) is 0 Å². The molecule has 0 atom stereocenters. The molecule has 1 N–H and O–H groups in total. The zero-order valence-corrected chi connectivity index (χ0v) is 16.1. The Balaban J connectivity index is 2.23. The van der Waals surface area contributed by atoms with Gasteiger partial charge in [0.25, 0.3) is 5.91 Å². The maximum Gasteiger partial charge on any atom is 0.252 e. The molecule has 134 valence electrons. The molecule has 0 saturated carbocycles. The Morgan fingerprint density at radius 3 is 2.12 bits per heavy atom. The Kier molecular flexibility index (Phi) is 6.52. The van der Waals surface area contributed by atoms with Crippen molar-refractivity contribution in [3.63, 3.8) is 0 Å². The lowest BCUT2D eigenvalue weighted by molar-refractivity contribution is 0.0949. The first-order valence-electron chi connectivity index (χ1n) is 7.45. The van der Waals surface area contributed by atoms with Gasteiger partial charge in [-0.25, -0.2) is 0 Å². The minimum atomic E-state index is -0.262. The van der Waals surface area contributed by atoms with Crippen LogP contribution in [0.4, 0.5) is 0 Å². The van der Waals surface area contributed by atoms with Gasteiger partial charge in [-0.2, -0.15) is 0 Å². The average Bonchev–Trinajstić information content (AvgIpc) is 2.65. The van der Waals surface area contributed by atoms with Crippen LogP contribution < -0.4 is 24.3 Å². The van der Waals surface area contributed by atoms with Gasteiger partial charge in [0.15, 0.2) is 11.5 Å². The third-order valence-corrected chi connectivity index (χ3v) is 4.41. The lowest BCUT2D eigenvalue weighted by Gasteiger charge is -2.16. The maximum absolute atomic E-state index is 12.6. The van der Waals surface area contributed by atoms with Crippen molar-refractivity contribution in [2.75, 3.05) is 28.4 Å². The van der Waals surface area contributed by atoms with Crippen LogP contribution in [0.1, 0.15) is 15.9 Å². The summed E-state index contributed by atoms with van der Waals surface area (Å²) < 4.78 is 21.6. The predicted molar refractivity (Wildman–Crippen MR) is 98.0 cm³/mol. The standard InChI is InChI=1S/C18H20BrNO5/c1-22-12-7-5-11(6-8-12)10-20-18(21)13-9-14(23-2)16(24-3)17(25-4)15(13)19/h5-9H,10H2,1-4H3,(H,20,21). The van der Waals surface area contributed by atoms with Gasteiger partial charge in [0, 0.05) is 6.54 Å². The van der Waals surface area contributed by atoms with Gasteiger partial charge < -0.3 is 24.3 Å². The van der Waals surface area contributed by atoms with E-state index in [9.17, 15) is 4.79 Å². The van der Waals surface area contributed by atoms with Gasteiger partial charge in [0.2, 0.25) is 5.75 Å². The van der Waals surface area contributed by atoms with Crippen molar-refractivity contribution in [1.82, 2.24) is 5.32 Å². The third kappa shape index (κ3) is 4.17. The predicted octanol–water partition coefficient (Wildman–Crippen LogP) is 3.41. The number of hydrogen-bond acceptors (Lipinski definition) is 5. The molecule has 6 nitrogen and oxygen atoms in total. The highest BCUT2D eigenvalue weighted by Crippen LogP contribution is 2.44. The van der Waals surface area contributed by atoms with Gasteiger partial charge in [0.1, 0.15) is 5.75 Å². The Bertz CT molecular complexity index is 746. The smallest absolute Gasteiger partial charge is 0.252 e. The number of amides is 1. The SMILES string of the molecule is COc1ccc(CNC(=O)c2cc(OC)c(OC)c(OC)c2Br)cc1. The van der Waals surface area contributed by atoms with E-state index in [1.165, 1.54) is 21.3 Å². The van der Waals surface area contributed by atoms with E-state index in [0.717, 1.165) is 11.3 Å². The van der Waals surface area contributed by atoms with E-state index in [4.69, 9.17) is 18.9 Å². The van der Waals surface area contributed by atoms with E-state index in [1.807, 2.05) is 24.3 Å². The van der Waals surface area contributed by atoms with Crippen molar-refractivity contribution < 1.29 is 23.7 Å². The minimum absolute atomic E-state index is 0.262. The van der Waals surface area contributed by atoms with Crippen molar-refractivity contribution in [3.8, 4) is 23.0 Å². The summed E-state index contributed by atoms with van der Waals surface area (Å²) in [6.07, 6.45) is 0. The normalized spacial score (nSPS) is 10.1. The van der Waals surface area contributed by atoms with Crippen LogP contribution in [0, 0.1) is 0 Å². The lowest BCUT2D eigenvalue weighted by Crippen LogP contribution is -2.23. The molecule has 0 bridgehead atoms. The van der Waals surface area contributed by atoms with Crippen molar-refractivity contribution in [3.05, 3.63) is 45.9 Å². The van der Waals surface area contributed by atoms with Crippen molar-refractivity contribution in [2.24, 2.45) is 0 Å². The largest absolute Gasteiger partial charge is 0.497 e. The number of rotatable bonds is 7. The Labute approximate surface area is 155 Å². The second-order valence-electron chi connectivity index (χ2n) is 5.04. The first-order chi connectivity index (χ1) is 12.0. The van der Waals surface area contributed by atoms with Crippen LogP contribution in [0.2, 0.25) is 0 Å². The highest BCUT2D eigenvalue weighted by molar-refractivity contribution is 9.10. The second-order valence-corrected chi connectivity index (χ2v) is 5.83. The second kappa shape index (κ2) is 8.62. The van der Waals surface area contributed by atoms with Gasteiger partial charge in [-0.3, -0.25) is 4.79 Å². The summed E-state index contributed by atoms with van der Waals surface area (Å²) in [5.41, 5.74) is 1.35. The quantitative estimate of drug-likeness (QED) is 0.758. The van der Waals surface area contributed by atoms with Gasteiger partial charge in [0.05, 0.1) is 38.5 Å². The summed E-state index contributed by atoms with van der Waals surface area (Å²) in [5.74, 6) is 1.74. The molecule has 0 aliphatic carbocycles. The third-order valence-electron chi connectivity index (χ3n) is 3.63. The number of ether oxygens (including phenoxy) is 4. The van der Waals surface area contributed by atoms with E-state index in [1.54, 1.807) is 13.2 Å². The molecule has 0 radical (unpaired) electrons. The van der Waals surface area contributed by atoms with Gasteiger partial charge in [-0.1, -0.05) is 12.1 Å². The highest BCUT2D eigenvalue weighted by Gasteiger charge is 2.22. The molecular formula is C18H20BrNO5. The number of halogens is 1. The molecule has 0 aliphatic rings. The van der Waals surface area contributed by atoms with Gasteiger partial charge >= 0.3 is 0 Å². The van der Waals surface area contributed by atoms with Crippen molar-refractivity contribution in [1.29, 1.82) is 0 Å². The topological polar surface area (TPSA) is 66.0 Å². The molecule has 0 aliphatic heterocycles. The molecule has 1 amide bonds. The van der Waals surface area contributed by atoms with Crippen LogP contribution in [0.5, 0.6) is 23.0 Å². The van der Waals surface area contributed by atoms with E-state index in [2.05, 4.69) is 21.2 Å². The monoisotopic (exact) mass is 409 g/mol. The molecule has 7 heteroatoms. The number of carbonyl (C=O) groups is 1. The summed E-state index contributed by atoms with van der Waals surface area (Å²) in [5, 5.41) is 2.87. The van der Waals surface area contributed by atoms with Crippen LogP contribution in [-0.2, 0) is 6.54 Å². The van der Waals surface area contributed by atoms with Gasteiger partial charge in [-0.05, 0) is 39.7 Å². The van der Waals surface area contributed by atoms with E-state index < -0.39 is 0 Å². The summed E-state index contributed by atoms with van der Waals surface area (Å²) in [4.78, 5) is 12.6. The van der Waals surface area contributed by atoms with Crippen molar-refractivity contribution >= 4 is 21.8 Å². The molecule has 0 heterocycles. The number of hydrogen-bond donors (Lipinski definition) is 1. The molecule has 2 aromatic rings. The Morgan fingerprint density at radius 1 is 0.960 bits per heavy atom. The Hall–Kier alpha value is -2.41. The van der Waals surface area contributed by atoms with Crippen LogP contribution in [-0.4, -0.2) is 34.3 Å². The molecule has 25 heavy (non-hydrogen) atoms.